The summed E-state index contributed by atoms with van der Waals surface area (Å²) < 4.78 is 6.29. The number of rotatable bonds is 2. The highest BCUT2D eigenvalue weighted by atomic mass is 16.5. The summed E-state index contributed by atoms with van der Waals surface area (Å²) in [5.74, 6) is 4.09. The summed E-state index contributed by atoms with van der Waals surface area (Å²) in [5, 5.41) is 0. The molecular formula is C29H39NO2. The van der Waals surface area contributed by atoms with Gasteiger partial charge in [0.25, 0.3) is 0 Å². The molecule has 1 heterocycles. The average Bonchev–Trinajstić information content (AvgIpc) is 3.33. The number of ether oxygens (including phenoxy) is 1. The normalized spacial score (nSPS) is 42.9. The van der Waals surface area contributed by atoms with Gasteiger partial charge in [-0.25, -0.2) is 0 Å². The second kappa shape index (κ2) is 7.45. The third kappa shape index (κ3) is 2.85. The highest BCUT2D eigenvalue weighted by Gasteiger charge is 2.67. The second-order valence-electron chi connectivity index (χ2n) is 11.8. The molecule has 172 valence electrons. The summed E-state index contributed by atoms with van der Waals surface area (Å²) in [7, 11) is 4.22. The van der Waals surface area contributed by atoms with Crippen LogP contribution in [0.15, 0.2) is 35.9 Å². The van der Waals surface area contributed by atoms with Crippen molar-refractivity contribution in [1.29, 1.82) is 0 Å². The summed E-state index contributed by atoms with van der Waals surface area (Å²) >= 11 is 0. The first-order valence-corrected chi connectivity index (χ1v) is 13.1. The Hall–Kier alpha value is -1.61. The zero-order valence-electron chi connectivity index (χ0n) is 20.1. The van der Waals surface area contributed by atoms with E-state index in [4.69, 9.17) is 4.74 Å². The number of hydrogen-bond donors (Lipinski definition) is 0. The fourth-order valence-corrected chi connectivity index (χ4v) is 8.91. The monoisotopic (exact) mass is 433 g/mol. The lowest BCUT2D eigenvalue weighted by molar-refractivity contribution is -0.156. The van der Waals surface area contributed by atoms with Crippen molar-refractivity contribution >= 4 is 11.5 Å². The number of hydrogen-bond acceptors (Lipinski definition) is 3. The van der Waals surface area contributed by atoms with Crippen LogP contribution >= 0.6 is 0 Å². The molecule has 1 aromatic rings. The Morgan fingerprint density at radius 1 is 0.938 bits per heavy atom. The van der Waals surface area contributed by atoms with Crippen molar-refractivity contribution in [3.63, 3.8) is 0 Å². The van der Waals surface area contributed by atoms with E-state index >= 15 is 0 Å². The van der Waals surface area contributed by atoms with E-state index < -0.39 is 5.60 Å². The van der Waals surface area contributed by atoms with E-state index in [9.17, 15) is 4.79 Å². The maximum atomic E-state index is 12.9. The van der Waals surface area contributed by atoms with E-state index in [1.807, 2.05) is 0 Å². The molecule has 1 aromatic carbocycles. The SMILES string of the molecule is CN(C)c1ccc(C2C=C3CC[C@@H]4[C@H](CC[C@@]5(C)[C@H]4CCC54OCCC4=O)[C@H]3CC2)cc1. The summed E-state index contributed by atoms with van der Waals surface area (Å²) in [6, 6.07) is 9.21. The van der Waals surface area contributed by atoms with Crippen molar-refractivity contribution in [3.05, 3.63) is 41.5 Å². The first kappa shape index (κ1) is 21.0. The maximum Gasteiger partial charge on any atom is 0.167 e. The molecule has 4 fully saturated rings. The molecule has 0 amide bonds. The maximum absolute atomic E-state index is 12.9. The van der Waals surface area contributed by atoms with Crippen LogP contribution in [0.5, 0.6) is 0 Å². The Kier molecular flexibility index (Phi) is 4.88. The van der Waals surface area contributed by atoms with E-state index in [0.717, 1.165) is 24.2 Å². The molecule has 3 heteroatoms. The number of benzene rings is 1. The fraction of sp³-hybridized carbons (Fsp3) is 0.690. The van der Waals surface area contributed by atoms with E-state index in [1.54, 1.807) is 5.57 Å². The molecule has 0 bridgehead atoms. The largest absolute Gasteiger partial charge is 0.378 e. The van der Waals surface area contributed by atoms with E-state index in [1.165, 1.54) is 56.2 Å². The van der Waals surface area contributed by atoms with Crippen molar-refractivity contribution in [2.75, 3.05) is 25.6 Å². The van der Waals surface area contributed by atoms with Gasteiger partial charge in [-0.15, -0.1) is 0 Å². The molecule has 1 saturated heterocycles. The van der Waals surface area contributed by atoms with Gasteiger partial charge < -0.3 is 9.64 Å². The third-order valence-corrected chi connectivity index (χ3v) is 10.5. The van der Waals surface area contributed by atoms with Gasteiger partial charge in [0.05, 0.1) is 6.61 Å². The Labute approximate surface area is 193 Å². The molecule has 3 saturated carbocycles. The molecule has 1 spiro atoms. The number of allylic oxidation sites excluding steroid dienone is 2. The Balaban J connectivity index is 1.22. The quantitative estimate of drug-likeness (QED) is 0.525. The number of anilines is 1. The van der Waals surface area contributed by atoms with Crippen LogP contribution in [-0.2, 0) is 9.53 Å². The zero-order valence-corrected chi connectivity index (χ0v) is 20.1. The summed E-state index contributed by atoms with van der Waals surface area (Å²) in [6.07, 6.45) is 13.2. The average molecular weight is 434 g/mol. The molecule has 2 unspecified atom stereocenters. The van der Waals surface area contributed by atoms with E-state index in [0.29, 0.717) is 30.6 Å². The van der Waals surface area contributed by atoms with Crippen LogP contribution in [0.25, 0.3) is 0 Å². The smallest absolute Gasteiger partial charge is 0.167 e. The van der Waals surface area contributed by atoms with Crippen molar-refractivity contribution in [1.82, 2.24) is 0 Å². The first-order chi connectivity index (χ1) is 15.4. The predicted octanol–water partition coefficient (Wildman–Crippen LogP) is 6.14. The molecule has 0 radical (unpaired) electrons. The molecular weight excluding hydrogens is 394 g/mol. The number of ketones is 1. The molecule has 3 nitrogen and oxygen atoms in total. The standard InChI is InChI=1S/C29H39NO2/c1-28-15-12-24-23-10-6-20(19-4-8-22(9-5-19)30(2)3)18-21(23)7-11-25(24)26(28)13-16-29(28)27(31)14-17-32-29/h4-5,8-9,18,20,23-26H,6-7,10-17H2,1-3H3/t20?,23-,24+,25+,26-,28-,29?/m0/s1. The van der Waals surface area contributed by atoms with Crippen LogP contribution in [0, 0.1) is 29.1 Å². The van der Waals surface area contributed by atoms with Crippen LogP contribution in [0.3, 0.4) is 0 Å². The zero-order chi connectivity index (χ0) is 22.1. The molecule has 4 aliphatic carbocycles. The second-order valence-corrected chi connectivity index (χ2v) is 11.8. The highest BCUT2D eigenvalue weighted by molar-refractivity contribution is 5.90. The summed E-state index contributed by atoms with van der Waals surface area (Å²) in [5.41, 5.74) is 4.15. The number of carbonyl (C=O) groups is 1. The Morgan fingerprint density at radius 3 is 2.47 bits per heavy atom. The van der Waals surface area contributed by atoms with Crippen LogP contribution in [0.1, 0.15) is 76.2 Å². The minimum atomic E-state index is -0.435. The molecule has 7 atom stereocenters. The predicted molar refractivity (Wildman–Crippen MR) is 129 cm³/mol. The lowest BCUT2D eigenvalue weighted by atomic mass is 9.50. The van der Waals surface area contributed by atoms with Gasteiger partial charge in [-0.05, 0) is 92.7 Å². The van der Waals surface area contributed by atoms with Gasteiger partial charge >= 0.3 is 0 Å². The van der Waals surface area contributed by atoms with Gasteiger partial charge in [-0.1, -0.05) is 30.7 Å². The third-order valence-electron chi connectivity index (χ3n) is 10.5. The first-order valence-electron chi connectivity index (χ1n) is 13.1. The van der Waals surface area contributed by atoms with Gasteiger partial charge in [0.15, 0.2) is 5.78 Å². The molecule has 5 aliphatic rings. The minimum absolute atomic E-state index is 0.0777. The minimum Gasteiger partial charge on any atom is -0.378 e. The molecule has 0 aromatic heterocycles. The van der Waals surface area contributed by atoms with Gasteiger partial charge in [-0.3, -0.25) is 4.79 Å². The lowest BCUT2D eigenvalue weighted by Crippen LogP contribution is -2.55. The van der Waals surface area contributed by atoms with Crippen LogP contribution in [0.4, 0.5) is 5.69 Å². The van der Waals surface area contributed by atoms with Crippen LogP contribution in [0.2, 0.25) is 0 Å². The molecule has 32 heavy (non-hydrogen) atoms. The molecule has 6 rings (SSSR count). The van der Waals surface area contributed by atoms with Crippen molar-refractivity contribution in [3.8, 4) is 0 Å². The Morgan fingerprint density at radius 2 is 1.75 bits per heavy atom. The fourth-order valence-electron chi connectivity index (χ4n) is 8.91. The van der Waals surface area contributed by atoms with Gasteiger partial charge in [0, 0.05) is 37.5 Å². The number of Topliss-reactive ketones (excluding diaryl/α,β-unsaturated/α-hetero) is 1. The van der Waals surface area contributed by atoms with Crippen molar-refractivity contribution in [2.24, 2.45) is 29.1 Å². The highest BCUT2D eigenvalue weighted by Crippen LogP contribution is 2.67. The summed E-state index contributed by atoms with van der Waals surface area (Å²) in [4.78, 5) is 15.1. The van der Waals surface area contributed by atoms with Crippen molar-refractivity contribution in [2.45, 2.75) is 76.2 Å². The topological polar surface area (TPSA) is 29.5 Å². The van der Waals surface area contributed by atoms with Gasteiger partial charge in [0.1, 0.15) is 5.60 Å². The van der Waals surface area contributed by atoms with Crippen molar-refractivity contribution < 1.29 is 9.53 Å². The van der Waals surface area contributed by atoms with Crippen LogP contribution < -0.4 is 4.90 Å². The Bertz CT molecular complexity index is 933. The van der Waals surface area contributed by atoms with Gasteiger partial charge in [-0.2, -0.15) is 0 Å². The summed E-state index contributed by atoms with van der Waals surface area (Å²) in [6.45, 7) is 3.07. The number of nitrogens with zero attached hydrogens (tertiary/aromatic N) is 1. The lowest BCUT2D eigenvalue weighted by Gasteiger charge is -2.55. The van der Waals surface area contributed by atoms with Crippen LogP contribution in [-0.4, -0.2) is 32.1 Å². The van der Waals surface area contributed by atoms with E-state index in [2.05, 4.69) is 56.3 Å². The van der Waals surface area contributed by atoms with Gasteiger partial charge in [0.2, 0.25) is 0 Å². The molecule has 0 N–H and O–H groups in total. The number of carbonyl (C=O) groups excluding carboxylic acids is 1. The molecule has 1 aliphatic heterocycles. The van der Waals surface area contributed by atoms with E-state index in [-0.39, 0.29) is 5.41 Å². The number of fused-ring (bicyclic) bond motifs is 6.